The molecule has 2 amide bonds. The maximum Gasteiger partial charge on any atom is 0.410 e. The van der Waals surface area contributed by atoms with Gasteiger partial charge in [0.05, 0.1) is 9.85 Å². The fraction of sp³-hybridized carbons (Fsp3) is 0.429. The molecule has 2 aliphatic heterocycles. The Morgan fingerprint density at radius 3 is 2.07 bits per heavy atom. The second kappa shape index (κ2) is 14.6. The molecule has 2 aliphatic rings. The van der Waals surface area contributed by atoms with Crippen LogP contribution in [0.1, 0.15) is 30.4 Å². The molecule has 0 saturated carbocycles. The largest absolute Gasteiger partial charge is 0.460 e. The first-order valence-corrected chi connectivity index (χ1v) is 14.4. The van der Waals surface area contributed by atoms with Crippen molar-refractivity contribution in [3.8, 4) is 0 Å². The van der Waals surface area contributed by atoms with Crippen molar-refractivity contribution in [3.05, 3.63) is 79.9 Å². The van der Waals surface area contributed by atoms with E-state index in [9.17, 15) is 34.6 Å². The number of hydrogen-bond acceptors (Lipinski definition) is 11. The average molecular weight is 629 g/mol. The molecule has 2 saturated heterocycles. The molecule has 0 bridgehead atoms. The molecule has 3 atom stereocenters. The van der Waals surface area contributed by atoms with Gasteiger partial charge in [-0.2, -0.15) is 12.6 Å². The first kappa shape index (κ1) is 32.2. The maximum atomic E-state index is 13.4. The van der Waals surface area contributed by atoms with Crippen molar-refractivity contribution in [1.29, 1.82) is 5.41 Å². The highest BCUT2D eigenvalue weighted by Gasteiger charge is 2.42. The number of benzene rings is 2. The van der Waals surface area contributed by atoms with Crippen LogP contribution in [0, 0.1) is 31.6 Å². The highest BCUT2D eigenvalue weighted by molar-refractivity contribution is 7.81. The van der Waals surface area contributed by atoms with Crippen molar-refractivity contribution in [3.63, 3.8) is 0 Å². The summed E-state index contributed by atoms with van der Waals surface area (Å²) in [6.45, 7) is 1.35. The summed E-state index contributed by atoms with van der Waals surface area (Å²) >= 11 is 4.48. The summed E-state index contributed by atoms with van der Waals surface area (Å²) < 4.78 is 10.5. The van der Waals surface area contributed by atoms with Crippen LogP contribution in [-0.4, -0.2) is 80.9 Å². The van der Waals surface area contributed by atoms with E-state index in [2.05, 4.69) is 17.9 Å². The number of thiol groups is 1. The van der Waals surface area contributed by atoms with E-state index in [4.69, 9.17) is 14.9 Å². The van der Waals surface area contributed by atoms with Crippen LogP contribution >= 0.6 is 12.6 Å². The number of ether oxygens (including phenoxy) is 2. The lowest BCUT2D eigenvalue weighted by molar-refractivity contribution is -0.385. The van der Waals surface area contributed by atoms with Gasteiger partial charge in [-0.15, -0.1) is 0 Å². The first-order chi connectivity index (χ1) is 21.0. The van der Waals surface area contributed by atoms with Gasteiger partial charge in [-0.3, -0.25) is 40.1 Å². The number of esters is 1. The van der Waals surface area contributed by atoms with Crippen LogP contribution in [0.5, 0.6) is 0 Å². The van der Waals surface area contributed by atoms with Crippen LogP contribution in [0.4, 0.5) is 16.2 Å². The van der Waals surface area contributed by atoms with Crippen molar-refractivity contribution in [1.82, 2.24) is 15.1 Å². The molecular weight excluding hydrogens is 596 g/mol. The number of hydrogen-bond donors (Lipinski definition) is 3. The number of likely N-dealkylation sites (tertiary alicyclic amines) is 2. The van der Waals surface area contributed by atoms with Crippen LogP contribution in [0.15, 0.2) is 48.5 Å². The maximum absolute atomic E-state index is 13.4. The van der Waals surface area contributed by atoms with Gasteiger partial charge >= 0.3 is 12.1 Å². The predicted molar refractivity (Wildman–Crippen MR) is 159 cm³/mol. The Morgan fingerprint density at radius 2 is 1.50 bits per heavy atom. The fourth-order valence-electron chi connectivity index (χ4n) is 5.00. The Bertz CT molecular complexity index is 1410. The Balaban J connectivity index is 1.19. The molecule has 15 nitrogen and oxygen atoms in total. The van der Waals surface area contributed by atoms with Gasteiger partial charge in [-0.05, 0) is 54.2 Å². The molecule has 2 aromatic carbocycles. The second-order valence-corrected chi connectivity index (χ2v) is 11.3. The topological polar surface area (TPSA) is 198 Å². The van der Waals surface area contributed by atoms with Gasteiger partial charge < -0.3 is 19.7 Å². The minimum Gasteiger partial charge on any atom is -0.460 e. The quantitative estimate of drug-likeness (QED) is 0.0830. The zero-order valence-electron chi connectivity index (χ0n) is 23.6. The summed E-state index contributed by atoms with van der Waals surface area (Å²) in [7, 11) is 0. The van der Waals surface area contributed by atoms with E-state index < -0.39 is 28.0 Å². The van der Waals surface area contributed by atoms with E-state index in [1.54, 1.807) is 4.90 Å². The number of rotatable bonds is 11. The zero-order valence-corrected chi connectivity index (χ0v) is 24.5. The summed E-state index contributed by atoms with van der Waals surface area (Å²) in [5.74, 6) is -0.821. The zero-order chi connectivity index (χ0) is 31.8. The van der Waals surface area contributed by atoms with E-state index >= 15 is 0 Å². The number of carbonyl (C=O) groups excluding carboxylic acids is 3. The van der Waals surface area contributed by atoms with Gasteiger partial charge in [0.25, 0.3) is 11.4 Å². The third-order valence-corrected chi connectivity index (χ3v) is 7.75. The summed E-state index contributed by atoms with van der Waals surface area (Å²) in [6, 6.07) is 10.6. The van der Waals surface area contributed by atoms with Gasteiger partial charge in [0, 0.05) is 55.7 Å². The van der Waals surface area contributed by atoms with E-state index in [1.807, 2.05) is 0 Å². The van der Waals surface area contributed by atoms with E-state index in [1.165, 1.54) is 53.4 Å². The second-order valence-electron chi connectivity index (χ2n) is 10.6. The molecule has 0 aromatic heterocycles. The number of nitrogens with one attached hydrogen (secondary N) is 2. The lowest BCUT2D eigenvalue weighted by atomic mass is 10.1. The highest BCUT2D eigenvalue weighted by Crippen LogP contribution is 2.27. The molecule has 2 heterocycles. The number of amides is 2. The van der Waals surface area contributed by atoms with Crippen molar-refractivity contribution in [2.75, 3.05) is 26.2 Å². The Kier molecular flexibility index (Phi) is 10.7. The summed E-state index contributed by atoms with van der Waals surface area (Å²) in [6.07, 6.45) is 0.119. The van der Waals surface area contributed by atoms with Gasteiger partial charge in [0.2, 0.25) is 5.91 Å². The van der Waals surface area contributed by atoms with Crippen LogP contribution < -0.4 is 5.32 Å². The number of amidine groups is 1. The van der Waals surface area contributed by atoms with Crippen LogP contribution in [-0.2, 0) is 32.3 Å². The molecule has 0 radical (unpaired) electrons. The summed E-state index contributed by atoms with van der Waals surface area (Å²) in [4.78, 5) is 61.9. The SMILES string of the molecule is N=C(CC(=O)OCc1ccc([N+](=O)[O-])cc1)NC[C@@H]1CCN(C(=O)[C@@H]2C[C@H](S)CN2C(=O)OCc2ccc([N+](=O)[O-])cc2)C1. The molecule has 2 fully saturated rings. The predicted octanol–water partition coefficient (Wildman–Crippen LogP) is 3.06. The van der Waals surface area contributed by atoms with E-state index in [0.717, 1.165) is 0 Å². The molecule has 2 N–H and O–H groups in total. The van der Waals surface area contributed by atoms with Crippen molar-refractivity contribution >= 4 is 47.8 Å². The number of nitrogens with zero attached hydrogens (tertiary/aromatic N) is 4. The van der Waals surface area contributed by atoms with Gasteiger partial charge in [-0.1, -0.05) is 0 Å². The first-order valence-electron chi connectivity index (χ1n) is 13.8. The van der Waals surface area contributed by atoms with E-state index in [-0.39, 0.29) is 60.5 Å². The molecule has 0 spiro atoms. The number of nitro benzene ring substituents is 2. The Labute approximate surface area is 257 Å². The van der Waals surface area contributed by atoms with Crippen LogP contribution in [0.3, 0.4) is 0 Å². The van der Waals surface area contributed by atoms with Crippen molar-refractivity contribution in [2.24, 2.45) is 5.92 Å². The molecular formula is C28H32N6O9S. The van der Waals surface area contributed by atoms with Gasteiger partial charge in [-0.25, -0.2) is 4.79 Å². The minimum absolute atomic E-state index is 0.0286. The van der Waals surface area contributed by atoms with Gasteiger partial charge in [0.1, 0.15) is 31.5 Å². The van der Waals surface area contributed by atoms with Crippen LogP contribution in [0.25, 0.3) is 0 Å². The molecule has 16 heteroatoms. The van der Waals surface area contributed by atoms with Gasteiger partial charge in [0.15, 0.2) is 0 Å². The molecule has 0 aliphatic carbocycles. The Hall–Kier alpha value is -4.73. The molecule has 234 valence electrons. The summed E-state index contributed by atoms with van der Waals surface area (Å²) in [5.41, 5.74) is 1.02. The minimum atomic E-state index is -0.725. The third kappa shape index (κ3) is 8.65. The number of non-ortho nitro benzene ring substituents is 2. The lowest BCUT2D eigenvalue weighted by Gasteiger charge is -2.27. The smallest absolute Gasteiger partial charge is 0.410 e. The standard InChI is InChI=1S/C28H32N6O9S/c29-25(12-26(35)42-16-18-1-5-21(6-2-18)33(38)39)30-13-20-9-10-31(14-20)27(36)24-11-23(44)15-32(24)28(37)43-17-19-3-7-22(8-4-19)34(40)41/h1-8,20,23-24,44H,9-17H2,(H2,29,30)/t20-,23-,24-/m0/s1. The molecule has 4 rings (SSSR count). The highest BCUT2D eigenvalue weighted by atomic mass is 32.1. The van der Waals surface area contributed by atoms with Crippen molar-refractivity contribution < 1.29 is 33.7 Å². The number of nitro groups is 2. The monoisotopic (exact) mass is 628 g/mol. The molecule has 0 unspecified atom stereocenters. The van der Waals surface area contributed by atoms with Crippen molar-refractivity contribution in [2.45, 2.75) is 43.8 Å². The molecule has 44 heavy (non-hydrogen) atoms. The summed E-state index contributed by atoms with van der Waals surface area (Å²) in [5, 5.41) is 32.4. The third-order valence-electron chi connectivity index (χ3n) is 7.38. The average Bonchev–Trinajstić information content (AvgIpc) is 3.64. The normalized spacial score (nSPS) is 19.3. The number of carbonyl (C=O) groups is 3. The van der Waals surface area contributed by atoms with Crippen LogP contribution in [0.2, 0.25) is 0 Å². The lowest BCUT2D eigenvalue weighted by Crippen LogP contribution is -2.47. The Morgan fingerprint density at radius 1 is 0.932 bits per heavy atom. The fourth-order valence-corrected chi connectivity index (χ4v) is 5.38. The molecule has 2 aromatic rings. The van der Waals surface area contributed by atoms with E-state index in [0.29, 0.717) is 43.6 Å².